The fraction of sp³-hybridized carbons (Fsp3) is 0.139. The Morgan fingerprint density at radius 3 is 1.05 bits per heavy atom. The maximum Gasteiger partial charge on any atom is 0.252 e. The molecule has 0 atom stereocenters. The van der Waals surface area contributed by atoms with Gasteiger partial charge in [-0.15, -0.1) is 0 Å². The smallest absolute Gasteiger partial charge is 0.252 e. The van der Waals surface area contributed by atoms with E-state index in [0.717, 1.165) is 11.4 Å². The molecular weight excluding hydrogens is 942 g/mol. The minimum Gasteiger partial charge on any atom is -0.311 e. The molecule has 0 aromatic heterocycles. The van der Waals surface area contributed by atoms with Crippen molar-refractivity contribution in [2.75, 3.05) is 19.6 Å². The van der Waals surface area contributed by atoms with Crippen LogP contribution < -0.4 is 52.4 Å². The van der Waals surface area contributed by atoms with Gasteiger partial charge in [-0.1, -0.05) is 181 Å². The maximum atomic E-state index is 2.68. The highest BCUT2D eigenvalue weighted by Crippen LogP contribution is 2.52. The van der Waals surface area contributed by atoms with E-state index in [1.165, 1.54) is 133 Å². The van der Waals surface area contributed by atoms with Crippen LogP contribution in [-0.4, -0.2) is 13.4 Å². The van der Waals surface area contributed by atoms with Crippen LogP contribution in [0.25, 0.3) is 21.5 Å². The molecule has 78 heavy (non-hydrogen) atoms. The predicted molar refractivity (Wildman–Crippen MR) is 336 cm³/mol. The van der Waals surface area contributed by atoms with E-state index in [4.69, 9.17) is 0 Å². The molecule has 0 spiro atoms. The van der Waals surface area contributed by atoms with Crippen molar-refractivity contribution in [3.8, 4) is 0 Å². The van der Waals surface area contributed by atoms with E-state index in [2.05, 4.69) is 293 Å². The lowest BCUT2D eigenvalue weighted by Gasteiger charge is -2.48. The molecule has 0 bridgehead atoms. The Morgan fingerprint density at radius 2 is 0.641 bits per heavy atom. The number of benzene rings is 11. The first-order valence-corrected chi connectivity index (χ1v) is 27.8. The van der Waals surface area contributed by atoms with Gasteiger partial charge in [-0.05, 0) is 169 Å². The Bertz CT molecular complexity index is 4020. The van der Waals surface area contributed by atoms with Gasteiger partial charge in [0.1, 0.15) is 0 Å². The van der Waals surface area contributed by atoms with Gasteiger partial charge >= 0.3 is 0 Å². The van der Waals surface area contributed by atoms with Gasteiger partial charge in [-0.2, -0.15) is 0 Å². The van der Waals surface area contributed by atoms with Crippen molar-refractivity contribution in [1.29, 1.82) is 0 Å². The van der Waals surface area contributed by atoms with Crippen LogP contribution in [0.5, 0.6) is 0 Å². The van der Waals surface area contributed by atoms with Gasteiger partial charge in [0.25, 0.3) is 13.4 Å². The Hall–Kier alpha value is -8.73. The number of fused-ring (bicyclic) bond motifs is 10. The standard InChI is InChI=1S/C72H60B2N4/c1-45-33-35-55-61(37-45)75(51-25-11-9-12-26-51)65-39-49(71(3,4)5)41-67-69(65)73(55)57-43-58-64(44-63(57)77(67)59-31-19-23-47-21-15-17-29-53(47)59)78(60-32-20-24-48-22-16-18-30-54(48)60)68-42-50(72(6,7)8)40-66-70(68)74(58)56-36-34-46(2)38-62(56)76(66)52-27-13-10-14-28-52/h9-44H,1-8H3. The molecule has 0 unspecified atom stereocenters. The van der Waals surface area contributed by atoms with E-state index in [1.807, 2.05) is 0 Å². The molecule has 0 saturated heterocycles. The lowest BCUT2D eigenvalue weighted by atomic mass is 9.30. The van der Waals surface area contributed by atoms with Crippen molar-refractivity contribution in [3.05, 3.63) is 241 Å². The zero-order valence-electron chi connectivity index (χ0n) is 45.7. The molecule has 0 N–H and O–H groups in total. The number of rotatable bonds is 4. The van der Waals surface area contributed by atoms with Crippen LogP contribution in [0.2, 0.25) is 0 Å². The molecule has 4 nitrogen and oxygen atoms in total. The summed E-state index contributed by atoms with van der Waals surface area (Å²) in [6, 6.07) is 83.6. The van der Waals surface area contributed by atoms with E-state index in [9.17, 15) is 0 Å². The first kappa shape index (κ1) is 46.6. The van der Waals surface area contributed by atoms with Gasteiger partial charge < -0.3 is 19.6 Å². The Balaban J connectivity index is 1.13. The molecule has 0 fully saturated rings. The molecule has 4 heterocycles. The lowest BCUT2D eigenvalue weighted by Crippen LogP contribution is -2.65. The molecule has 15 rings (SSSR count). The first-order chi connectivity index (χ1) is 37.8. The summed E-state index contributed by atoms with van der Waals surface area (Å²) in [5.74, 6) is 0. The minimum absolute atomic E-state index is 0.0804. The second-order valence-electron chi connectivity index (χ2n) is 24.3. The molecule has 11 aromatic carbocycles. The van der Waals surface area contributed by atoms with E-state index < -0.39 is 0 Å². The topological polar surface area (TPSA) is 13.0 Å². The molecule has 4 aliphatic rings. The molecule has 11 aromatic rings. The molecule has 374 valence electrons. The fourth-order valence-corrected chi connectivity index (χ4v) is 13.6. The summed E-state index contributed by atoms with van der Waals surface area (Å²) >= 11 is 0. The predicted octanol–water partition coefficient (Wildman–Crippen LogP) is 15.4. The van der Waals surface area contributed by atoms with Crippen molar-refractivity contribution in [3.63, 3.8) is 0 Å². The largest absolute Gasteiger partial charge is 0.311 e. The SMILES string of the molecule is Cc1ccc2c(c1)N(c1ccccc1)c1cc(C(C)(C)C)cc3c1B2c1cc2c(cc1N3c1cccc3ccccc13)N(c1cccc3ccccc13)c1cc(C(C)(C)C)cc3c1B2c1ccc(C)cc1N3c1ccccc1. The van der Waals surface area contributed by atoms with Gasteiger partial charge in [0, 0.05) is 67.6 Å². The second-order valence-corrected chi connectivity index (χ2v) is 24.3. The molecule has 0 amide bonds. The van der Waals surface area contributed by atoms with Crippen molar-refractivity contribution in [1.82, 2.24) is 0 Å². The molecule has 0 aliphatic carbocycles. The summed E-state index contributed by atoms with van der Waals surface area (Å²) in [5.41, 5.74) is 27.1. The Labute approximate surface area is 460 Å². The van der Waals surface area contributed by atoms with Crippen molar-refractivity contribution in [2.24, 2.45) is 0 Å². The van der Waals surface area contributed by atoms with E-state index in [1.54, 1.807) is 0 Å². The summed E-state index contributed by atoms with van der Waals surface area (Å²) in [6.45, 7) is 18.5. The lowest BCUT2D eigenvalue weighted by molar-refractivity contribution is 0.590. The van der Waals surface area contributed by atoms with E-state index in [0.29, 0.717) is 0 Å². The molecule has 4 aliphatic heterocycles. The van der Waals surface area contributed by atoms with Crippen LogP contribution in [0.1, 0.15) is 63.8 Å². The number of hydrogen-bond donors (Lipinski definition) is 0. The highest BCUT2D eigenvalue weighted by Gasteiger charge is 2.49. The summed E-state index contributed by atoms with van der Waals surface area (Å²) in [4.78, 5) is 10.4. The Morgan fingerprint density at radius 1 is 0.282 bits per heavy atom. The van der Waals surface area contributed by atoms with E-state index >= 15 is 0 Å². The zero-order chi connectivity index (χ0) is 52.9. The number of para-hydroxylation sites is 2. The van der Waals surface area contributed by atoms with Gasteiger partial charge in [0.2, 0.25) is 0 Å². The number of hydrogen-bond acceptors (Lipinski definition) is 4. The highest BCUT2D eigenvalue weighted by molar-refractivity contribution is 7.03. The second kappa shape index (κ2) is 16.9. The van der Waals surface area contributed by atoms with Gasteiger partial charge in [-0.3, -0.25) is 0 Å². The fourth-order valence-electron chi connectivity index (χ4n) is 13.6. The monoisotopic (exact) mass is 1000 g/mol. The molecule has 0 saturated carbocycles. The van der Waals surface area contributed by atoms with Gasteiger partial charge in [0.05, 0.1) is 11.4 Å². The van der Waals surface area contributed by atoms with Crippen LogP contribution in [0.4, 0.5) is 68.2 Å². The normalized spacial score (nSPS) is 14.0. The number of nitrogens with zero attached hydrogens (tertiary/aromatic N) is 4. The van der Waals surface area contributed by atoms with Crippen LogP contribution in [0.15, 0.2) is 218 Å². The van der Waals surface area contributed by atoms with Crippen LogP contribution in [0, 0.1) is 13.8 Å². The summed E-state index contributed by atoms with van der Waals surface area (Å²) in [7, 11) is 0. The average Bonchev–Trinajstić information content (AvgIpc) is 3.38. The summed E-state index contributed by atoms with van der Waals surface area (Å²) in [6.07, 6.45) is 0. The van der Waals surface area contributed by atoms with Crippen molar-refractivity contribution in [2.45, 2.75) is 66.2 Å². The molecular formula is C72H60B2N4. The van der Waals surface area contributed by atoms with Crippen molar-refractivity contribution < 1.29 is 0 Å². The van der Waals surface area contributed by atoms with Crippen LogP contribution in [-0.2, 0) is 10.8 Å². The zero-order valence-corrected chi connectivity index (χ0v) is 45.7. The average molecular weight is 1000 g/mol. The first-order valence-electron chi connectivity index (χ1n) is 27.8. The summed E-state index contributed by atoms with van der Waals surface area (Å²) in [5, 5.41) is 4.87. The third kappa shape index (κ3) is 6.88. The van der Waals surface area contributed by atoms with E-state index in [-0.39, 0.29) is 24.3 Å². The maximum absolute atomic E-state index is 2.68. The third-order valence-corrected chi connectivity index (χ3v) is 17.3. The molecule has 6 heteroatoms. The minimum atomic E-state index is -0.158. The molecule has 0 radical (unpaired) electrons. The summed E-state index contributed by atoms with van der Waals surface area (Å²) < 4.78 is 0. The Kier molecular flexibility index (Phi) is 10.1. The van der Waals surface area contributed by atoms with Crippen LogP contribution >= 0.6 is 0 Å². The highest BCUT2D eigenvalue weighted by atomic mass is 15.2. The van der Waals surface area contributed by atoms with Gasteiger partial charge in [0.15, 0.2) is 0 Å². The third-order valence-electron chi connectivity index (χ3n) is 17.3. The van der Waals surface area contributed by atoms with Crippen molar-refractivity contribution >= 4 is 136 Å². The number of anilines is 12. The number of aryl methyl sites for hydroxylation is 2. The van der Waals surface area contributed by atoms with Crippen LogP contribution in [0.3, 0.4) is 0 Å². The van der Waals surface area contributed by atoms with Gasteiger partial charge in [-0.25, -0.2) is 0 Å². The quantitative estimate of drug-likeness (QED) is 0.163.